The minimum atomic E-state index is 0.736. The molecule has 2 aromatic carbocycles. The standard InChI is InChI=1S/C21H19BrN2O2/c22-17-3-1-16(2-4-17)21-10-9-20(26-21)15-23-18-5-7-19(8-6-18)24-11-13-25-14-12-24/h1-10,15H,11-14H2. The summed E-state index contributed by atoms with van der Waals surface area (Å²) in [5.74, 6) is 1.57. The summed E-state index contributed by atoms with van der Waals surface area (Å²) >= 11 is 3.44. The van der Waals surface area contributed by atoms with Crippen LogP contribution in [-0.2, 0) is 4.74 Å². The van der Waals surface area contributed by atoms with Gasteiger partial charge in [-0.25, -0.2) is 0 Å². The van der Waals surface area contributed by atoms with Crippen LogP contribution in [0.15, 0.2) is 74.5 Å². The van der Waals surface area contributed by atoms with Gasteiger partial charge in [0, 0.05) is 28.8 Å². The number of furan rings is 1. The van der Waals surface area contributed by atoms with Crippen LogP contribution in [-0.4, -0.2) is 32.5 Å². The van der Waals surface area contributed by atoms with Crippen LogP contribution in [0.3, 0.4) is 0 Å². The lowest BCUT2D eigenvalue weighted by Crippen LogP contribution is -2.36. The number of morpholine rings is 1. The summed E-state index contributed by atoms with van der Waals surface area (Å²) in [5, 5.41) is 0. The Kier molecular flexibility index (Phi) is 5.18. The summed E-state index contributed by atoms with van der Waals surface area (Å²) in [6.07, 6.45) is 1.76. The van der Waals surface area contributed by atoms with E-state index in [4.69, 9.17) is 9.15 Å². The van der Waals surface area contributed by atoms with Crippen molar-refractivity contribution < 1.29 is 9.15 Å². The van der Waals surface area contributed by atoms with E-state index in [-0.39, 0.29) is 0 Å². The molecule has 1 saturated heterocycles. The van der Waals surface area contributed by atoms with Crippen molar-refractivity contribution in [3.8, 4) is 11.3 Å². The average Bonchev–Trinajstić information content (AvgIpc) is 3.17. The van der Waals surface area contributed by atoms with Gasteiger partial charge in [0.2, 0.25) is 0 Å². The third-order valence-electron chi connectivity index (χ3n) is 4.32. The fourth-order valence-electron chi connectivity index (χ4n) is 2.90. The predicted octanol–water partition coefficient (Wildman–Crippen LogP) is 5.30. The van der Waals surface area contributed by atoms with E-state index in [9.17, 15) is 0 Å². The number of hydrogen-bond acceptors (Lipinski definition) is 4. The van der Waals surface area contributed by atoms with Crippen molar-refractivity contribution in [1.82, 2.24) is 0 Å². The van der Waals surface area contributed by atoms with Crippen LogP contribution in [0.1, 0.15) is 5.76 Å². The fourth-order valence-corrected chi connectivity index (χ4v) is 3.17. The van der Waals surface area contributed by atoms with Gasteiger partial charge in [0.15, 0.2) is 0 Å². The zero-order valence-electron chi connectivity index (χ0n) is 14.3. The topological polar surface area (TPSA) is 38.0 Å². The van der Waals surface area contributed by atoms with E-state index in [0.717, 1.165) is 53.5 Å². The molecule has 0 N–H and O–H groups in total. The number of ether oxygens (including phenoxy) is 1. The molecular formula is C21H19BrN2O2. The number of aliphatic imine (C=N–C) groups is 1. The van der Waals surface area contributed by atoms with Crippen molar-refractivity contribution in [2.75, 3.05) is 31.2 Å². The summed E-state index contributed by atoms with van der Waals surface area (Å²) in [7, 11) is 0. The van der Waals surface area contributed by atoms with E-state index in [1.54, 1.807) is 6.21 Å². The van der Waals surface area contributed by atoms with E-state index in [1.807, 2.05) is 48.5 Å². The monoisotopic (exact) mass is 410 g/mol. The van der Waals surface area contributed by atoms with E-state index >= 15 is 0 Å². The van der Waals surface area contributed by atoms with Gasteiger partial charge in [0.1, 0.15) is 11.5 Å². The second-order valence-electron chi connectivity index (χ2n) is 6.08. The molecular weight excluding hydrogens is 392 g/mol. The molecule has 0 radical (unpaired) electrons. The maximum atomic E-state index is 5.86. The first-order valence-electron chi connectivity index (χ1n) is 8.60. The summed E-state index contributed by atoms with van der Waals surface area (Å²) in [5.41, 5.74) is 3.16. The summed E-state index contributed by atoms with van der Waals surface area (Å²) < 4.78 is 12.3. The summed E-state index contributed by atoms with van der Waals surface area (Å²) in [6.45, 7) is 3.46. The first kappa shape index (κ1) is 17.1. The third kappa shape index (κ3) is 4.06. The third-order valence-corrected chi connectivity index (χ3v) is 4.85. The molecule has 0 unspecified atom stereocenters. The molecule has 1 aromatic heterocycles. The molecule has 5 heteroatoms. The van der Waals surface area contributed by atoms with Gasteiger partial charge >= 0.3 is 0 Å². The Balaban J connectivity index is 1.44. The van der Waals surface area contributed by atoms with E-state index in [0.29, 0.717) is 0 Å². The van der Waals surface area contributed by atoms with E-state index in [1.165, 1.54) is 5.69 Å². The van der Waals surface area contributed by atoms with Gasteiger partial charge in [0.05, 0.1) is 25.1 Å². The zero-order chi connectivity index (χ0) is 17.8. The Hall–Kier alpha value is -2.37. The molecule has 26 heavy (non-hydrogen) atoms. The lowest BCUT2D eigenvalue weighted by Gasteiger charge is -2.28. The molecule has 3 aromatic rings. The van der Waals surface area contributed by atoms with E-state index in [2.05, 4.69) is 38.0 Å². The van der Waals surface area contributed by atoms with E-state index < -0.39 is 0 Å². The maximum Gasteiger partial charge on any atom is 0.145 e. The molecule has 1 fully saturated rings. The summed E-state index contributed by atoms with van der Waals surface area (Å²) in [4.78, 5) is 6.84. The minimum Gasteiger partial charge on any atom is -0.455 e. The van der Waals surface area contributed by atoms with Gasteiger partial charge in [-0.2, -0.15) is 0 Å². The van der Waals surface area contributed by atoms with Gasteiger partial charge < -0.3 is 14.1 Å². The van der Waals surface area contributed by atoms with Crippen molar-refractivity contribution in [2.24, 2.45) is 4.99 Å². The summed E-state index contributed by atoms with van der Waals surface area (Å²) in [6, 6.07) is 20.2. The number of hydrogen-bond donors (Lipinski definition) is 0. The molecule has 0 saturated carbocycles. The molecule has 0 atom stereocenters. The predicted molar refractivity (Wildman–Crippen MR) is 109 cm³/mol. The zero-order valence-corrected chi connectivity index (χ0v) is 15.9. The quantitative estimate of drug-likeness (QED) is 0.547. The Morgan fingerprint density at radius 2 is 1.62 bits per heavy atom. The van der Waals surface area contributed by atoms with Gasteiger partial charge in [-0.05, 0) is 48.5 Å². The number of rotatable bonds is 4. The molecule has 4 nitrogen and oxygen atoms in total. The van der Waals surface area contributed by atoms with Crippen LogP contribution in [0.4, 0.5) is 11.4 Å². The number of halogens is 1. The van der Waals surface area contributed by atoms with Crippen LogP contribution in [0, 0.1) is 0 Å². The van der Waals surface area contributed by atoms with Crippen LogP contribution < -0.4 is 4.90 Å². The number of nitrogens with zero attached hydrogens (tertiary/aromatic N) is 2. The highest BCUT2D eigenvalue weighted by Crippen LogP contribution is 2.24. The van der Waals surface area contributed by atoms with Crippen LogP contribution in [0.2, 0.25) is 0 Å². The second kappa shape index (κ2) is 7.89. The van der Waals surface area contributed by atoms with Crippen molar-refractivity contribution in [3.05, 3.63) is 70.9 Å². The van der Waals surface area contributed by atoms with Gasteiger partial charge in [-0.15, -0.1) is 0 Å². The van der Waals surface area contributed by atoms with Crippen molar-refractivity contribution >= 4 is 33.5 Å². The molecule has 1 aliphatic rings. The smallest absolute Gasteiger partial charge is 0.145 e. The molecule has 4 rings (SSSR count). The largest absolute Gasteiger partial charge is 0.455 e. The Morgan fingerprint density at radius 3 is 2.35 bits per heavy atom. The highest BCUT2D eigenvalue weighted by atomic mass is 79.9. The first-order chi connectivity index (χ1) is 12.8. The highest BCUT2D eigenvalue weighted by Gasteiger charge is 2.10. The molecule has 0 spiro atoms. The Morgan fingerprint density at radius 1 is 0.885 bits per heavy atom. The molecule has 132 valence electrons. The normalized spacial score (nSPS) is 14.9. The molecule has 1 aliphatic heterocycles. The van der Waals surface area contributed by atoms with Crippen molar-refractivity contribution in [3.63, 3.8) is 0 Å². The first-order valence-corrected chi connectivity index (χ1v) is 9.40. The van der Waals surface area contributed by atoms with Crippen LogP contribution in [0.25, 0.3) is 11.3 Å². The van der Waals surface area contributed by atoms with Gasteiger partial charge in [0.25, 0.3) is 0 Å². The Bertz CT molecular complexity index is 879. The van der Waals surface area contributed by atoms with Crippen molar-refractivity contribution in [1.29, 1.82) is 0 Å². The van der Waals surface area contributed by atoms with Crippen molar-refractivity contribution in [2.45, 2.75) is 0 Å². The Labute approximate surface area is 161 Å². The lowest BCUT2D eigenvalue weighted by molar-refractivity contribution is 0.122. The maximum absolute atomic E-state index is 5.86. The SMILES string of the molecule is Brc1ccc(-c2ccc(C=Nc3ccc(N4CCOCC4)cc3)o2)cc1. The highest BCUT2D eigenvalue weighted by molar-refractivity contribution is 9.10. The lowest BCUT2D eigenvalue weighted by atomic mass is 10.2. The number of benzene rings is 2. The average molecular weight is 411 g/mol. The number of anilines is 1. The fraction of sp³-hybridized carbons (Fsp3) is 0.190. The van der Waals surface area contributed by atoms with Crippen LogP contribution >= 0.6 is 15.9 Å². The van der Waals surface area contributed by atoms with Crippen LogP contribution in [0.5, 0.6) is 0 Å². The molecule has 0 amide bonds. The second-order valence-corrected chi connectivity index (χ2v) is 7.00. The van der Waals surface area contributed by atoms with Gasteiger partial charge in [-0.3, -0.25) is 4.99 Å². The minimum absolute atomic E-state index is 0.736. The molecule has 0 bridgehead atoms. The molecule has 2 heterocycles. The molecule has 0 aliphatic carbocycles. The van der Waals surface area contributed by atoms with Gasteiger partial charge in [-0.1, -0.05) is 28.1 Å².